The molecule has 0 unspecified atom stereocenters. The van der Waals surface area contributed by atoms with Crippen LogP contribution in [-0.2, 0) is 21.4 Å². The van der Waals surface area contributed by atoms with E-state index >= 15 is 0 Å². The van der Waals surface area contributed by atoms with Gasteiger partial charge >= 0.3 is 0 Å². The van der Waals surface area contributed by atoms with Crippen LogP contribution in [0.25, 0.3) is 11.0 Å². The van der Waals surface area contributed by atoms with Gasteiger partial charge in [0.2, 0.25) is 15.9 Å². The Balaban J connectivity index is 1.60. The molecule has 1 fully saturated rings. The van der Waals surface area contributed by atoms with Gasteiger partial charge in [0.05, 0.1) is 17.5 Å². The number of amides is 1. The summed E-state index contributed by atoms with van der Waals surface area (Å²) in [5, 5.41) is 11.1. The average molecular weight is 458 g/mol. The number of nitrogens with one attached hydrogen (secondary N) is 1. The fourth-order valence-electron chi connectivity index (χ4n) is 4.01. The van der Waals surface area contributed by atoms with Crippen LogP contribution in [0.3, 0.4) is 0 Å². The van der Waals surface area contributed by atoms with Gasteiger partial charge in [0.25, 0.3) is 0 Å². The van der Waals surface area contributed by atoms with Crippen LogP contribution >= 0.6 is 0 Å². The number of hydrogen-bond acceptors (Lipinski definition) is 6. The molecule has 1 amide bonds. The Bertz CT molecular complexity index is 1220. The van der Waals surface area contributed by atoms with Gasteiger partial charge in [0.1, 0.15) is 17.3 Å². The molecule has 1 N–H and O–H groups in total. The largest absolute Gasteiger partial charge is 0.497 e. The fraction of sp³-hybridized carbons (Fsp3) is 0.409. The first-order chi connectivity index (χ1) is 15.4. The second-order valence-electron chi connectivity index (χ2n) is 7.81. The Morgan fingerprint density at radius 2 is 2.06 bits per heavy atom. The third-order valence-electron chi connectivity index (χ3n) is 5.62. The van der Waals surface area contributed by atoms with Gasteiger partial charge in [0.15, 0.2) is 0 Å². The normalized spacial score (nSPS) is 17.4. The molecule has 2 heterocycles. The number of carbonyl (C=O) groups excluding carboxylic acids is 1. The monoisotopic (exact) mass is 457 g/mol. The lowest BCUT2D eigenvalue weighted by Crippen LogP contribution is -2.49. The molecule has 1 aliphatic heterocycles. The molecule has 1 aromatic heterocycles. The van der Waals surface area contributed by atoms with Crippen molar-refractivity contribution in [3.05, 3.63) is 42.5 Å². The minimum atomic E-state index is -3.89. The molecule has 0 bridgehead atoms. The van der Waals surface area contributed by atoms with Gasteiger partial charge in [-0.2, -0.15) is 4.31 Å². The molecule has 4 rings (SSSR count). The van der Waals surface area contributed by atoms with Gasteiger partial charge in [0, 0.05) is 24.8 Å². The van der Waals surface area contributed by atoms with Crippen molar-refractivity contribution in [2.24, 2.45) is 0 Å². The number of methoxy groups -OCH3 is 1. The van der Waals surface area contributed by atoms with Crippen molar-refractivity contribution >= 4 is 32.7 Å². The van der Waals surface area contributed by atoms with Gasteiger partial charge in [-0.1, -0.05) is 24.6 Å². The maximum Gasteiger partial charge on any atom is 0.243 e. The van der Waals surface area contributed by atoms with Crippen LogP contribution in [0.15, 0.2) is 47.4 Å². The molecule has 1 aliphatic rings. The van der Waals surface area contributed by atoms with Crippen LogP contribution in [0.1, 0.15) is 32.6 Å². The first-order valence-corrected chi connectivity index (χ1v) is 12.2. The molecule has 9 nitrogen and oxygen atoms in total. The summed E-state index contributed by atoms with van der Waals surface area (Å²) in [5.41, 5.74) is 1.87. The number of anilines is 1. The van der Waals surface area contributed by atoms with E-state index in [1.54, 1.807) is 48.2 Å². The molecular formula is C22H27N5O4S. The maximum absolute atomic E-state index is 13.5. The van der Waals surface area contributed by atoms with E-state index in [0.29, 0.717) is 42.9 Å². The zero-order valence-electron chi connectivity index (χ0n) is 18.2. The van der Waals surface area contributed by atoms with Crippen molar-refractivity contribution in [1.29, 1.82) is 0 Å². The van der Waals surface area contributed by atoms with Gasteiger partial charge in [-0.3, -0.25) is 4.79 Å². The highest BCUT2D eigenvalue weighted by atomic mass is 32.2. The van der Waals surface area contributed by atoms with Gasteiger partial charge < -0.3 is 10.1 Å². The minimum Gasteiger partial charge on any atom is -0.497 e. The van der Waals surface area contributed by atoms with Crippen molar-refractivity contribution in [2.75, 3.05) is 19.0 Å². The summed E-state index contributed by atoms with van der Waals surface area (Å²) in [6.45, 7) is 3.04. The number of ether oxygens (including phenoxy) is 1. The first-order valence-electron chi connectivity index (χ1n) is 10.7. The van der Waals surface area contributed by atoms with Crippen molar-refractivity contribution < 1.29 is 17.9 Å². The Labute approximate surface area is 187 Å². The lowest BCUT2D eigenvalue weighted by Gasteiger charge is -2.33. The summed E-state index contributed by atoms with van der Waals surface area (Å²) in [7, 11) is -2.34. The molecule has 0 spiro atoms. The number of nitrogens with zero attached hydrogens (tertiary/aromatic N) is 4. The van der Waals surface area contributed by atoms with E-state index in [2.05, 4.69) is 15.6 Å². The highest BCUT2D eigenvalue weighted by molar-refractivity contribution is 7.89. The van der Waals surface area contributed by atoms with Crippen LogP contribution < -0.4 is 10.1 Å². The van der Waals surface area contributed by atoms with Crippen LogP contribution in [0.2, 0.25) is 0 Å². The molecule has 2 aromatic carbocycles. The van der Waals surface area contributed by atoms with E-state index in [0.717, 1.165) is 18.4 Å². The van der Waals surface area contributed by atoms with Gasteiger partial charge in [-0.05, 0) is 49.6 Å². The van der Waals surface area contributed by atoms with Crippen LogP contribution in [0, 0.1) is 0 Å². The summed E-state index contributed by atoms with van der Waals surface area (Å²) < 4.78 is 35.3. The number of sulfonamides is 1. The molecular weight excluding hydrogens is 430 g/mol. The highest BCUT2D eigenvalue weighted by Crippen LogP contribution is 2.28. The predicted molar refractivity (Wildman–Crippen MR) is 121 cm³/mol. The lowest BCUT2D eigenvalue weighted by atomic mass is 10.0. The van der Waals surface area contributed by atoms with Crippen molar-refractivity contribution in [1.82, 2.24) is 19.3 Å². The van der Waals surface area contributed by atoms with E-state index in [1.165, 1.54) is 10.4 Å². The number of benzene rings is 2. The summed E-state index contributed by atoms with van der Waals surface area (Å²) in [6, 6.07) is 11.0. The molecule has 170 valence electrons. The van der Waals surface area contributed by atoms with Gasteiger partial charge in [-0.15, -0.1) is 5.10 Å². The summed E-state index contributed by atoms with van der Waals surface area (Å²) >= 11 is 0. The summed E-state index contributed by atoms with van der Waals surface area (Å²) in [6.07, 6.45) is 2.85. The summed E-state index contributed by atoms with van der Waals surface area (Å²) in [5.74, 6) is 0.261. The minimum absolute atomic E-state index is 0.120. The number of hydrogen-bond donors (Lipinski definition) is 1. The zero-order chi connectivity index (χ0) is 22.7. The topological polar surface area (TPSA) is 106 Å². The molecule has 0 aliphatic carbocycles. The van der Waals surface area contributed by atoms with Crippen molar-refractivity contribution in [3.8, 4) is 5.75 Å². The summed E-state index contributed by atoms with van der Waals surface area (Å²) in [4.78, 5) is 13.2. The van der Waals surface area contributed by atoms with Gasteiger partial charge in [-0.25, -0.2) is 13.1 Å². The van der Waals surface area contributed by atoms with E-state index in [1.807, 2.05) is 6.92 Å². The Morgan fingerprint density at radius 3 is 2.84 bits per heavy atom. The lowest BCUT2D eigenvalue weighted by molar-refractivity contribution is -0.120. The third-order valence-corrected chi connectivity index (χ3v) is 7.53. The molecule has 32 heavy (non-hydrogen) atoms. The molecule has 1 saturated heterocycles. The van der Waals surface area contributed by atoms with E-state index < -0.39 is 16.1 Å². The standard InChI is InChI=1S/C22H27N5O4S/c1-3-12-26-20-11-10-18(15-19(20)24-25-26)32(29,30)27-13-5-4-9-21(27)22(28)23-16-7-6-8-17(14-16)31-2/h6-8,10-11,14-15,21H,3-5,9,12-13H2,1-2H3,(H,23,28)/t21-/m0/s1. The van der Waals surface area contributed by atoms with E-state index in [4.69, 9.17) is 4.74 Å². The Morgan fingerprint density at radius 1 is 1.22 bits per heavy atom. The first kappa shape index (κ1) is 22.2. The molecule has 0 radical (unpaired) electrons. The smallest absolute Gasteiger partial charge is 0.243 e. The molecule has 0 saturated carbocycles. The number of fused-ring (bicyclic) bond motifs is 1. The van der Waals surface area contributed by atoms with Crippen LogP contribution in [0.4, 0.5) is 5.69 Å². The van der Waals surface area contributed by atoms with E-state index in [9.17, 15) is 13.2 Å². The third kappa shape index (κ3) is 4.33. The predicted octanol–water partition coefficient (Wildman–Crippen LogP) is 3.03. The van der Waals surface area contributed by atoms with Crippen LogP contribution in [-0.4, -0.2) is 53.3 Å². The number of aromatic nitrogens is 3. The fourth-order valence-corrected chi connectivity index (χ4v) is 5.68. The SMILES string of the molecule is CCCn1nnc2cc(S(=O)(=O)N3CCCC[C@H]3C(=O)Nc3cccc(OC)c3)ccc21. The molecule has 1 atom stereocenters. The van der Waals surface area contributed by atoms with Crippen LogP contribution in [0.5, 0.6) is 5.75 Å². The number of aryl methyl sites for hydroxylation is 1. The Hall–Kier alpha value is -2.98. The van der Waals surface area contributed by atoms with Crippen molar-refractivity contribution in [3.63, 3.8) is 0 Å². The second kappa shape index (κ2) is 9.25. The van der Waals surface area contributed by atoms with Crippen molar-refractivity contribution in [2.45, 2.75) is 50.1 Å². The highest BCUT2D eigenvalue weighted by Gasteiger charge is 2.38. The maximum atomic E-state index is 13.5. The van der Waals surface area contributed by atoms with E-state index in [-0.39, 0.29) is 10.8 Å². The average Bonchev–Trinajstić information content (AvgIpc) is 3.21. The Kier molecular flexibility index (Phi) is 6.43. The number of carbonyl (C=O) groups is 1. The number of piperidine rings is 1. The zero-order valence-corrected chi connectivity index (χ0v) is 19.0. The number of rotatable bonds is 7. The quantitative estimate of drug-likeness (QED) is 0.585. The molecule has 10 heteroatoms. The molecule has 3 aromatic rings. The second-order valence-corrected chi connectivity index (χ2v) is 9.70.